The molecule has 3 N–H and O–H groups in total. The van der Waals surface area contributed by atoms with Gasteiger partial charge in [-0.05, 0) is 37.1 Å². The van der Waals surface area contributed by atoms with E-state index < -0.39 is 5.82 Å². The Hall–Kier alpha value is -3.88. The van der Waals surface area contributed by atoms with Crippen molar-refractivity contribution in [2.75, 3.05) is 24.1 Å². The van der Waals surface area contributed by atoms with Gasteiger partial charge in [-0.2, -0.15) is 0 Å². The van der Waals surface area contributed by atoms with Gasteiger partial charge in [0, 0.05) is 61.4 Å². The first-order valence-electron chi connectivity index (χ1n) is 10.9. The number of pyridine rings is 1. The summed E-state index contributed by atoms with van der Waals surface area (Å²) in [5, 5.41) is 12.2. The van der Waals surface area contributed by atoms with Gasteiger partial charge in [0.25, 0.3) is 0 Å². The van der Waals surface area contributed by atoms with Gasteiger partial charge in [0.2, 0.25) is 5.91 Å². The first kappa shape index (κ1) is 21.0. The first-order chi connectivity index (χ1) is 15.9. The van der Waals surface area contributed by atoms with Crippen molar-refractivity contribution in [2.45, 2.75) is 33.2 Å². The van der Waals surface area contributed by atoms with E-state index in [4.69, 9.17) is 5.73 Å². The molecule has 33 heavy (non-hydrogen) atoms. The molecule has 0 spiro atoms. The molecule has 1 aromatic carbocycles. The maximum absolute atomic E-state index is 15.0. The number of benzene rings is 1. The van der Waals surface area contributed by atoms with Crippen molar-refractivity contribution >= 4 is 45.9 Å². The standard InChI is InChI=1S/C24H24FN7O/c1-13-5-7-27-11-18(13)17-9-16-10-21(30-31-24(16)23(26)22(17)25)29-20-4-3-15-12-32(14(2)33)8-6-19(15)28-20/h3-4,9-11H,5-8,12,26H2,1-2H3,(H,28,29,30). The van der Waals surface area contributed by atoms with Gasteiger partial charge in [-0.15, -0.1) is 10.2 Å². The molecule has 9 heteroatoms. The predicted molar refractivity (Wildman–Crippen MR) is 127 cm³/mol. The third-order valence-corrected chi connectivity index (χ3v) is 6.19. The van der Waals surface area contributed by atoms with Crippen LogP contribution in [0.3, 0.4) is 0 Å². The first-order valence-corrected chi connectivity index (χ1v) is 10.9. The van der Waals surface area contributed by atoms with Gasteiger partial charge in [-0.1, -0.05) is 11.6 Å². The van der Waals surface area contributed by atoms with Crippen molar-refractivity contribution in [1.29, 1.82) is 0 Å². The predicted octanol–water partition coefficient (Wildman–Crippen LogP) is 3.64. The maximum Gasteiger partial charge on any atom is 0.219 e. The molecular weight excluding hydrogens is 421 g/mol. The molecule has 0 aliphatic carbocycles. The average molecular weight is 446 g/mol. The summed E-state index contributed by atoms with van der Waals surface area (Å²) in [6.07, 6.45) is 3.20. The minimum atomic E-state index is -0.504. The molecule has 5 rings (SSSR count). The Morgan fingerprint density at radius 1 is 1.18 bits per heavy atom. The molecule has 0 atom stereocenters. The summed E-state index contributed by atoms with van der Waals surface area (Å²) >= 11 is 0. The second-order valence-electron chi connectivity index (χ2n) is 8.42. The second-order valence-corrected chi connectivity index (χ2v) is 8.42. The van der Waals surface area contributed by atoms with Crippen molar-refractivity contribution in [3.05, 3.63) is 52.5 Å². The minimum absolute atomic E-state index is 0.0252. The molecule has 168 valence electrons. The van der Waals surface area contributed by atoms with Gasteiger partial charge < -0.3 is 16.0 Å². The lowest BCUT2D eigenvalue weighted by molar-refractivity contribution is -0.129. The summed E-state index contributed by atoms with van der Waals surface area (Å²) in [5.74, 6) is 0.675. The summed E-state index contributed by atoms with van der Waals surface area (Å²) in [6.45, 7) is 5.49. The maximum atomic E-state index is 15.0. The molecule has 3 aromatic rings. The van der Waals surface area contributed by atoms with E-state index >= 15 is 4.39 Å². The van der Waals surface area contributed by atoms with Crippen LogP contribution in [0.15, 0.2) is 34.8 Å². The number of nitrogens with one attached hydrogen (secondary N) is 1. The van der Waals surface area contributed by atoms with E-state index in [0.717, 1.165) is 28.8 Å². The summed E-state index contributed by atoms with van der Waals surface area (Å²) < 4.78 is 15.0. The Morgan fingerprint density at radius 2 is 2.03 bits per heavy atom. The highest BCUT2D eigenvalue weighted by Crippen LogP contribution is 2.33. The van der Waals surface area contributed by atoms with Gasteiger partial charge in [0.15, 0.2) is 11.6 Å². The molecular formula is C24H24FN7O. The van der Waals surface area contributed by atoms with Gasteiger partial charge in [-0.3, -0.25) is 9.79 Å². The van der Waals surface area contributed by atoms with Crippen LogP contribution in [-0.2, 0) is 17.8 Å². The van der Waals surface area contributed by atoms with Crippen LogP contribution >= 0.6 is 0 Å². The number of carbonyl (C=O) groups is 1. The van der Waals surface area contributed by atoms with Gasteiger partial charge in [0.05, 0.1) is 5.69 Å². The van der Waals surface area contributed by atoms with Gasteiger partial charge in [0.1, 0.15) is 11.3 Å². The Kier molecular flexibility index (Phi) is 5.24. The van der Waals surface area contributed by atoms with Gasteiger partial charge in [-0.25, -0.2) is 9.37 Å². The SMILES string of the molecule is CC(=O)N1CCc2nc(Nc3cc4cc(C5=C(C)CCN=C5)c(F)c(N)c4nn3)ccc2C1. The van der Waals surface area contributed by atoms with Crippen molar-refractivity contribution in [3.8, 4) is 0 Å². The van der Waals surface area contributed by atoms with Crippen LogP contribution in [0.1, 0.15) is 37.1 Å². The molecule has 1 amide bonds. The van der Waals surface area contributed by atoms with Crippen LogP contribution in [0.2, 0.25) is 0 Å². The Balaban J connectivity index is 1.47. The number of hydrogen-bond donors (Lipinski definition) is 2. The highest BCUT2D eigenvalue weighted by Gasteiger charge is 2.20. The highest BCUT2D eigenvalue weighted by molar-refractivity contribution is 6.13. The Morgan fingerprint density at radius 3 is 2.82 bits per heavy atom. The molecule has 2 aliphatic heterocycles. The van der Waals surface area contributed by atoms with Crippen molar-refractivity contribution in [3.63, 3.8) is 0 Å². The molecule has 0 radical (unpaired) electrons. The fourth-order valence-electron chi connectivity index (χ4n) is 4.27. The molecule has 0 fully saturated rings. The molecule has 0 bridgehead atoms. The lowest BCUT2D eigenvalue weighted by atomic mass is 9.95. The van der Waals surface area contributed by atoms with E-state index in [-0.39, 0.29) is 11.6 Å². The zero-order valence-corrected chi connectivity index (χ0v) is 18.5. The quantitative estimate of drug-likeness (QED) is 0.596. The number of rotatable bonds is 3. The number of halogens is 1. The number of fused-ring (bicyclic) bond motifs is 2. The zero-order chi connectivity index (χ0) is 23.1. The van der Waals surface area contributed by atoms with Crippen LogP contribution in [0.5, 0.6) is 0 Å². The Bertz CT molecular complexity index is 1350. The number of aliphatic imine (C=N–C) groups is 1. The number of amides is 1. The molecule has 2 aromatic heterocycles. The lowest BCUT2D eigenvalue weighted by Crippen LogP contribution is -2.34. The van der Waals surface area contributed by atoms with Crippen LogP contribution in [0.4, 0.5) is 21.7 Å². The number of nitrogens with zero attached hydrogens (tertiary/aromatic N) is 5. The molecule has 0 unspecified atom stereocenters. The van der Waals surface area contributed by atoms with E-state index in [2.05, 4.69) is 25.5 Å². The Labute approximate surface area is 190 Å². The van der Waals surface area contributed by atoms with Crippen LogP contribution in [0, 0.1) is 5.82 Å². The van der Waals surface area contributed by atoms with Crippen LogP contribution in [0.25, 0.3) is 16.5 Å². The topological polar surface area (TPSA) is 109 Å². The summed E-state index contributed by atoms with van der Waals surface area (Å²) in [6, 6.07) is 7.35. The molecule has 2 aliphatic rings. The summed E-state index contributed by atoms with van der Waals surface area (Å²) in [5.41, 5.74) is 10.6. The van der Waals surface area contributed by atoms with E-state index in [1.807, 2.05) is 19.1 Å². The summed E-state index contributed by atoms with van der Waals surface area (Å²) in [7, 11) is 0. The number of anilines is 3. The third kappa shape index (κ3) is 3.90. The number of aromatic nitrogens is 3. The summed E-state index contributed by atoms with van der Waals surface area (Å²) in [4.78, 5) is 22.4. The lowest BCUT2D eigenvalue weighted by Gasteiger charge is -2.27. The number of nitrogen functional groups attached to an aromatic ring is 1. The average Bonchev–Trinajstić information content (AvgIpc) is 2.81. The van der Waals surface area contributed by atoms with Crippen molar-refractivity contribution in [1.82, 2.24) is 20.1 Å². The number of allylic oxidation sites excluding steroid dienone is 1. The fraction of sp³-hybridized carbons (Fsp3) is 0.292. The van der Waals surface area contributed by atoms with Crippen LogP contribution in [-0.4, -0.2) is 45.3 Å². The molecule has 0 saturated heterocycles. The second kappa shape index (κ2) is 8.23. The van der Waals surface area contributed by atoms with E-state index in [1.165, 1.54) is 0 Å². The number of hydrogen-bond acceptors (Lipinski definition) is 7. The third-order valence-electron chi connectivity index (χ3n) is 6.19. The van der Waals surface area contributed by atoms with E-state index in [9.17, 15) is 4.79 Å². The van der Waals surface area contributed by atoms with Gasteiger partial charge >= 0.3 is 0 Å². The largest absolute Gasteiger partial charge is 0.395 e. The van der Waals surface area contributed by atoms with Crippen molar-refractivity contribution in [2.24, 2.45) is 4.99 Å². The molecule has 0 saturated carbocycles. The minimum Gasteiger partial charge on any atom is -0.395 e. The monoisotopic (exact) mass is 445 g/mol. The van der Waals surface area contributed by atoms with E-state index in [1.54, 1.807) is 30.2 Å². The highest BCUT2D eigenvalue weighted by atomic mass is 19.1. The normalized spacial score (nSPS) is 15.7. The van der Waals surface area contributed by atoms with Crippen LogP contribution < -0.4 is 11.1 Å². The number of dihydropyridines is 1. The van der Waals surface area contributed by atoms with Crippen molar-refractivity contribution < 1.29 is 9.18 Å². The molecule has 8 nitrogen and oxygen atoms in total. The fourth-order valence-corrected chi connectivity index (χ4v) is 4.27. The smallest absolute Gasteiger partial charge is 0.219 e. The number of nitrogens with two attached hydrogens (primary N) is 1. The zero-order valence-electron chi connectivity index (χ0n) is 18.5. The number of carbonyl (C=O) groups excluding carboxylic acids is 1. The molecule has 4 heterocycles. The van der Waals surface area contributed by atoms with E-state index in [0.29, 0.717) is 54.2 Å².